The molecule has 0 atom stereocenters. The number of ether oxygens (including phenoxy) is 2. The SMILES string of the molecule is CCOc1ccc2nc(N(CCCN3CCOCC3)C(=O)CCCSc3ccc(Cl)cc3)sc2c1. The van der Waals surface area contributed by atoms with E-state index in [1.165, 1.54) is 4.90 Å². The van der Waals surface area contributed by atoms with Crippen LogP contribution in [-0.2, 0) is 9.53 Å². The smallest absolute Gasteiger partial charge is 0.228 e. The lowest BCUT2D eigenvalue weighted by Crippen LogP contribution is -2.39. The number of carbonyl (C=O) groups excluding carboxylic acids is 1. The molecule has 35 heavy (non-hydrogen) atoms. The van der Waals surface area contributed by atoms with Gasteiger partial charge in [0.15, 0.2) is 5.13 Å². The zero-order valence-corrected chi connectivity index (χ0v) is 22.5. The van der Waals surface area contributed by atoms with E-state index in [1.807, 2.05) is 54.3 Å². The monoisotopic (exact) mass is 533 g/mol. The highest BCUT2D eigenvalue weighted by Crippen LogP contribution is 2.32. The van der Waals surface area contributed by atoms with E-state index in [9.17, 15) is 4.79 Å². The Morgan fingerprint density at radius 2 is 2.00 bits per heavy atom. The minimum atomic E-state index is 0.132. The largest absolute Gasteiger partial charge is 0.494 e. The number of benzene rings is 2. The zero-order chi connectivity index (χ0) is 24.5. The summed E-state index contributed by atoms with van der Waals surface area (Å²) >= 11 is 9.28. The van der Waals surface area contributed by atoms with E-state index in [1.54, 1.807) is 23.1 Å². The number of aromatic nitrogens is 1. The van der Waals surface area contributed by atoms with Gasteiger partial charge in [-0.3, -0.25) is 14.6 Å². The van der Waals surface area contributed by atoms with Crippen molar-refractivity contribution in [3.8, 4) is 5.75 Å². The van der Waals surface area contributed by atoms with Crippen molar-refractivity contribution >= 4 is 56.0 Å². The number of hydrogen-bond donors (Lipinski definition) is 0. The van der Waals surface area contributed by atoms with Crippen molar-refractivity contribution in [1.82, 2.24) is 9.88 Å². The maximum absolute atomic E-state index is 13.3. The second-order valence-corrected chi connectivity index (χ2v) is 10.9. The van der Waals surface area contributed by atoms with Crippen molar-refractivity contribution in [2.75, 3.05) is 56.7 Å². The third-order valence-corrected chi connectivity index (χ3v) is 8.16. The fourth-order valence-electron chi connectivity index (χ4n) is 3.95. The summed E-state index contributed by atoms with van der Waals surface area (Å²) in [6.45, 7) is 7.70. The van der Waals surface area contributed by atoms with Gasteiger partial charge < -0.3 is 9.47 Å². The molecule has 0 bridgehead atoms. The first kappa shape index (κ1) is 26.2. The van der Waals surface area contributed by atoms with Gasteiger partial charge in [-0.15, -0.1) is 11.8 Å². The van der Waals surface area contributed by atoms with Crippen LogP contribution in [0.3, 0.4) is 0 Å². The topological polar surface area (TPSA) is 54.9 Å². The van der Waals surface area contributed by atoms with Gasteiger partial charge in [-0.25, -0.2) is 4.98 Å². The Bertz CT molecular complexity index is 1090. The van der Waals surface area contributed by atoms with Crippen LogP contribution in [0.5, 0.6) is 5.75 Å². The Morgan fingerprint density at radius 3 is 2.77 bits per heavy atom. The summed E-state index contributed by atoms with van der Waals surface area (Å²) in [6.07, 6.45) is 2.22. The fraction of sp³-hybridized carbons (Fsp3) is 0.462. The molecule has 0 unspecified atom stereocenters. The molecule has 2 heterocycles. The summed E-state index contributed by atoms with van der Waals surface area (Å²) in [6, 6.07) is 13.8. The predicted octanol–water partition coefficient (Wildman–Crippen LogP) is 5.98. The number of carbonyl (C=O) groups is 1. The van der Waals surface area contributed by atoms with E-state index in [0.717, 1.165) is 77.6 Å². The van der Waals surface area contributed by atoms with Gasteiger partial charge in [0.05, 0.1) is 30.0 Å². The van der Waals surface area contributed by atoms with Gasteiger partial charge in [-0.2, -0.15) is 0 Å². The summed E-state index contributed by atoms with van der Waals surface area (Å²) in [7, 11) is 0. The molecule has 0 spiro atoms. The van der Waals surface area contributed by atoms with Crippen LogP contribution in [0.4, 0.5) is 5.13 Å². The van der Waals surface area contributed by atoms with Crippen molar-refractivity contribution in [2.24, 2.45) is 0 Å². The van der Waals surface area contributed by atoms with Crippen LogP contribution in [0.1, 0.15) is 26.2 Å². The average Bonchev–Trinajstić information content (AvgIpc) is 3.29. The Balaban J connectivity index is 1.39. The quantitative estimate of drug-likeness (QED) is 0.211. The molecule has 0 N–H and O–H groups in total. The van der Waals surface area contributed by atoms with Crippen molar-refractivity contribution in [3.05, 3.63) is 47.5 Å². The van der Waals surface area contributed by atoms with Crippen LogP contribution in [0.2, 0.25) is 5.02 Å². The summed E-state index contributed by atoms with van der Waals surface area (Å²) < 4.78 is 12.1. The lowest BCUT2D eigenvalue weighted by Gasteiger charge is -2.27. The number of hydrogen-bond acceptors (Lipinski definition) is 7. The molecule has 1 aliphatic heterocycles. The number of morpholine rings is 1. The zero-order valence-electron chi connectivity index (χ0n) is 20.1. The number of thiazole rings is 1. The number of thioether (sulfide) groups is 1. The third kappa shape index (κ3) is 7.82. The number of fused-ring (bicyclic) bond motifs is 1. The molecular weight excluding hydrogens is 502 g/mol. The van der Waals surface area contributed by atoms with Gasteiger partial charge in [0.1, 0.15) is 5.75 Å². The molecule has 1 fully saturated rings. The maximum atomic E-state index is 13.3. The molecule has 2 aromatic carbocycles. The minimum absolute atomic E-state index is 0.132. The molecule has 0 aliphatic carbocycles. The second-order valence-electron chi connectivity index (χ2n) is 8.32. The van der Waals surface area contributed by atoms with E-state index < -0.39 is 0 Å². The summed E-state index contributed by atoms with van der Waals surface area (Å²) in [5, 5.41) is 1.51. The van der Waals surface area contributed by atoms with Crippen molar-refractivity contribution in [3.63, 3.8) is 0 Å². The summed E-state index contributed by atoms with van der Waals surface area (Å²) in [5.74, 6) is 1.85. The minimum Gasteiger partial charge on any atom is -0.494 e. The van der Waals surface area contributed by atoms with Crippen LogP contribution < -0.4 is 9.64 Å². The van der Waals surface area contributed by atoms with E-state index >= 15 is 0 Å². The number of amides is 1. The van der Waals surface area contributed by atoms with Crippen LogP contribution in [0, 0.1) is 0 Å². The van der Waals surface area contributed by atoms with Crippen molar-refractivity contribution in [1.29, 1.82) is 0 Å². The Kier molecular flexibility index (Phi) is 10.1. The Hall–Kier alpha value is -1.84. The normalized spacial score (nSPS) is 14.3. The van der Waals surface area contributed by atoms with E-state index in [4.69, 9.17) is 26.1 Å². The van der Waals surface area contributed by atoms with E-state index in [0.29, 0.717) is 19.6 Å². The highest BCUT2D eigenvalue weighted by atomic mass is 35.5. The summed E-state index contributed by atoms with van der Waals surface area (Å²) in [4.78, 5) is 23.6. The van der Waals surface area contributed by atoms with Crippen molar-refractivity contribution in [2.45, 2.75) is 31.1 Å². The molecule has 0 saturated carbocycles. The molecule has 1 amide bonds. The van der Waals surface area contributed by atoms with E-state index in [2.05, 4.69) is 4.90 Å². The molecule has 1 aromatic heterocycles. The first-order valence-electron chi connectivity index (χ1n) is 12.1. The number of anilines is 1. The van der Waals surface area contributed by atoms with E-state index in [-0.39, 0.29) is 5.91 Å². The Labute approximate surface area is 220 Å². The van der Waals surface area contributed by atoms with Gasteiger partial charge in [0, 0.05) is 42.5 Å². The summed E-state index contributed by atoms with van der Waals surface area (Å²) in [5.41, 5.74) is 0.901. The molecule has 0 radical (unpaired) electrons. The van der Waals surface area contributed by atoms with Gasteiger partial charge in [0.2, 0.25) is 5.91 Å². The average molecular weight is 534 g/mol. The molecule has 6 nitrogen and oxygen atoms in total. The first-order chi connectivity index (χ1) is 17.1. The van der Waals surface area contributed by atoms with Crippen LogP contribution in [0.15, 0.2) is 47.4 Å². The van der Waals surface area contributed by atoms with Gasteiger partial charge >= 0.3 is 0 Å². The lowest BCUT2D eigenvalue weighted by molar-refractivity contribution is -0.118. The fourth-order valence-corrected chi connectivity index (χ4v) is 5.96. The molecule has 188 valence electrons. The number of nitrogens with zero attached hydrogens (tertiary/aromatic N) is 3. The van der Waals surface area contributed by atoms with Gasteiger partial charge in [-0.1, -0.05) is 22.9 Å². The maximum Gasteiger partial charge on any atom is 0.228 e. The first-order valence-corrected chi connectivity index (χ1v) is 14.3. The van der Waals surface area contributed by atoms with Gasteiger partial charge in [-0.05, 0) is 68.0 Å². The van der Waals surface area contributed by atoms with Crippen molar-refractivity contribution < 1.29 is 14.3 Å². The standard InChI is InChI=1S/C26H32ClN3O3S2/c1-2-33-21-8-11-23-24(19-21)35-26(28-23)30(13-4-12-29-14-16-32-17-15-29)25(31)5-3-18-34-22-9-6-20(27)7-10-22/h6-11,19H,2-5,12-18H2,1H3. The second kappa shape index (κ2) is 13.5. The predicted molar refractivity (Wildman–Crippen MR) is 146 cm³/mol. The van der Waals surface area contributed by atoms with Gasteiger partial charge in [0.25, 0.3) is 0 Å². The van der Waals surface area contributed by atoms with Crippen LogP contribution in [0.25, 0.3) is 10.2 Å². The number of halogens is 1. The Morgan fingerprint density at radius 1 is 1.20 bits per heavy atom. The number of rotatable bonds is 12. The highest BCUT2D eigenvalue weighted by molar-refractivity contribution is 7.99. The molecule has 1 saturated heterocycles. The molecule has 3 aromatic rings. The molecule has 9 heteroatoms. The highest BCUT2D eigenvalue weighted by Gasteiger charge is 2.20. The lowest BCUT2D eigenvalue weighted by atomic mass is 10.2. The molecular formula is C26H32ClN3O3S2. The third-order valence-electron chi connectivity index (χ3n) is 5.77. The van der Waals surface area contributed by atoms with Crippen LogP contribution in [-0.4, -0.2) is 67.5 Å². The van der Waals surface area contributed by atoms with Crippen LogP contribution >= 0.6 is 34.7 Å². The molecule has 4 rings (SSSR count). The molecule has 1 aliphatic rings.